The van der Waals surface area contributed by atoms with E-state index >= 15 is 0 Å². The summed E-state index contributed by atoms with van der Waals surface area (Å²) in [7, 11) is 0. The first kappa shape index (κ1) is 12.3. The molecule has 1 aromatic carbocycles. The van der Waals surface area contributed by atoms with Crippen molar-refractivity contribution in [2.24, 2.45) is 0 Å². The molecule has 0 aliphatic rings. The average Bonchev–Trinajstić information content (AvgIpc) is 2.28. The van der Waals surface area contributed by atoms with Gasteiger partial charge in [-0.3, -0.25) is 4.79 Å². The van der Waals surface area contributed by atoms with E-state index in [1.165, 1.54) is 6.92 Å². The largest absolute Gasteiger partial charge is 0.492 e. The van der Waals surface area contributed by atoms with E-state index in [2.05, 4.69) is 6.07 Å². The van der Waals surface area contributed by atoms with Gasteiger partial charge in [-0.05, 0) is 38.0 Å². The molecule has 0 aromatic heterocycles. The summed E-state index contributed by atoms with van der Waals surface area (Å²) in [4.78, 5) is 11.3. The summed E-state index contributed by atoms with van der Waals surface area (Å²) in [6, 6.07) is 5.54. The fourth-order valence-corrected chi connectivity index (χ4v) is 1.55. The van der Waals surface area contributed by atoms with Crippen LogP contribution in [-0.4, -0.2) is 12.4 Å². The topological polar surface area (TPSA) is 50.1 Å². The van der Waals surface area contributed by atoms with E-state index in [4.69, 9.17) is 10.00 Å². The quantitative estimate of drug-likeness (QED) is 0.728. The molecule has 0 unspecified atom stereocenters. The normalized spacial score (nSPS) is 9.62. The van der Waals surface area contributed by atoms with Crippen LogP contribution in [0.5, 0.6) is 5.75 Å². The number of carbonyl (C=O) groups excluding carboxylic acids is 1. The number of carbonyl (C=O) groups is 1. The Morgan fingerprint density at radius 3 is 2.56 bits per heavy atom. The Balaban J connectivity index is 3.38. The minimum Gasteiger partial charge on any atom is -0.492 e. The molecule has 3 heteroatoms. The molecular formula is C13H15NO2. The lowest BCUT2D eigenvalue weighted by atomic mass is 10.00. The zero-order chi connectivity index (χ0) is 12.1. The molecule has 0 bridgehead atoms. The minimum absolute atomic E-state index is 0.0138. The number of Topliss-reactive ketones (excluding diaryl/α,β-unsaturated/α-hetero) is 1. The number of nitriles is 1. The van der Waals surface area contributed by atoms with Crippen LogP contribution in [-0.2, 0) is 6.42 Å². The van der Waals surface area contributed by atoms with Gasteiger partial charge < -0.3 is 4.74 Å². The van der Waals surface area contributed by atoms with Gasteiger partial charge in [-0.2, -0.15) is 5.26 Å². The third-order valence-electron chi connectivity index (χ3n) is 2.38. The summed E-state index contributed by atoms with van der Waals surface area (Å²) in [5, 5.41) is 9.07. The van der Waals surface area contributed by atoms with Crippen molar-refractivity contribution in [3.8, 4) is 11.8 Å². The number of ether oxygens (including phenoxy) is 1. The lowest BCUT2D eigenvalue weighted by molar-refractivity contribution is 0.101. The maximum absolute atomic E-state index is 11.3. The van der Waals surface area contributed by atoms with E-state index in [0.29, 0.717) is 29.9 Å². The second kappa shape index (κ2) is 5.32. The highest BCUT2D eigenvalue weighted by molar-refractivity contribution is 5.95. The van der Waals surface area contributed by atoms with Crippen molar-refractivity contribution in [1.82, 2.24) is 0 Å². The van der Waals surface area contributed by atoms with Crippen LogP contribution in [0.3, 0.4) is 0 Å². The molecule has 0 spiro atoms. The molecule has 1 rings (SSSR count). The Morgan fingerprint density at radius 2 is 2.12 bits per heavy atom. The fraction of sp³-hybridized carbons (Fsp3) is 0.385. The van der Waals surface area contributed by atoms with E-state index in [9.17, 15) is 4.79 Å². The summed E-state index contributed by atoms with van der Waals surface area (Å²) >= 11 is 0. The molecule has 16 heavy (non-hydrogen) atoms. The highest BCUT2D eigenvalue weighted by Crippen LogP contribution is 2.25. The molecule has 0 atom stereocenters. The summed E-state index contributed by atoms with van der Waals surface area (Å²) in [5.74, 6) is 0.495. The van der Waals surface area contributed by atoms with E-state index in [0.717, 1.165) is 5.56 Å². The molecule has 0 amide bonds. The molecule has 0 fully saturated rings. The van der Waals surface area contributed by atoms with Crippen LogP contribution in [0.2, 0.25) is 0 Å². The zero-order valence-electron chi connectivity index (χ0n) is 9.83. The van der Waals surface area contributed by atoms with Crippen LogP contribution in [0.4, 0.5) is 0 Å². The van der Waals surface area contributed by atoms with Gasteiger partial charge in [0.15, 0.2) is 5.78 Å². The lowest BCUT2D eigenvalue weighted by Gasteiger charge is -2.10. The zero-order valence-corrected chi connectivity index (χ0v) is 9.83. The smallest absolute Gasteiger partial charge is 0.159 e. The number of rotatable bonds is 4. The molecule has 1 aromatic rings. The van der Waals surface area contributed by atoms with Gasteiger partial charge in [-0.1, -0.05) is 6.92 Å². The van der Waals surface area contributed by atoms with Crippen LogP contribution in [0.25, 0.3) is 0 Å². The molecule has 0 aliphatic carbocycles. The minimum atomic E-state index is -0.0138. The van der Waals surface area contributed by atoms with Gasteiger partial charge in [0, 0.05) is 5.56 Å². The summed E-state index contributed by atoms with van der Waals surface area (Å²) in [6.45, 7) is 5.80. The first-order chi connectivity index (χ1) is 7.63. The Labute approximate surface area is 95.7 Å². The SMILES string of the molecule is CCOc1cc(C(C)=O)cc(CC)c1C#N. The first-order valence-corrected chi connectivity index (χ1v) is 5.34. The lowest BCUT2D eigenvalue weighted by Crippen LogP contribution is -2.02. The highest BCUT2D eigenvalue weighted by Gasteiger charge is 2.12. The molecular weight excluding hydrogens is 202 g/mol. The summed E-state index contributed by atoms with van der Waals surface area (Å²) in [5.41, 5.74) is 1.99. The molecule has 0 saturated heterocycles. The van der Waals surface area contributed by atoms with Gasteiger partial charge in [-0.25, -0.2) is 0 Å². The van der Waals surface area contributed by atoms with Gasteiger partial charge in [0.25, 0.3) is 0 Å². The van der Waals surface area contributed by atoms with E-state index in [1.54, 1.807) is 12.1 Å². The predicted octanol–water partition coefficient (Wildman–Crippen LogP) is 2.72. The van der Waals surface area contributed by atoms with Gasteiger partial charge in [0.05, 0.1) is 12.2 Å². The second-order valence-electron chi connectivity index (χ2n) is 3.46. The number of benzene rings is 1. The van der Waals surface area contributed by atoms with E-state index < -0.39 is 0 Å². The van der Waals surface area contributed by atoms with Crippen LogP contribution in [0.1, 0.15) is 42.3 Å². The van der Waals surface area contributed by atoms with Crippen molar-refractivity contribution < 1.29 is 9.53 Å². The van der Waals surface area contributed by atoms with E-state index in [-0.39, 0.29) is 5.78 Å². The van der Waals surface area contributed by atoms with Crippen LogP contribution >= 0.6 is 0 Å². The number of hydrogen-bond donors (Lipinski definition) is 0. The molecule has 0 heterocycles. The summed E-state index contributed by atoms with van der Waals surface area (Å²) in [6.07, 6.45) is 0.712. The molecule has 84 valence electrons. The van der Waals surface area contributed by atoms with Crippen LogP contribution in [0.15, 0.2) is 12.1 Å². The van der Waals surface area contributed by atoms with Gasteiger partial charge in [0.2, 0.25) is 0 Å². The Morgan fingerprint density at radius 1 is 1.44 bits per heavy atom. The van der Waals surface area contributed by atoms with Crippen molar-refractivity contribution in [2.75, 3.05) is 6.61 Å². The third kappa shape index (κ3) is 2.40. The molecule has 3 nitrogen and oxygen atoms in total. The van der Waals surface area contributed by atoms with Crippen molar-refractivity contribution in [3.05, 3.63) is 28.8 Å². The van der Waals surface area contributed by atoms with Crippen molar-refractivity contribution in [1.29, 1.82) is 5.26 Å². The second-order valence-corrected chi connectivity index (χ2v) is 3.46. The molecule has 0 saturated carbocycles. The van der Waals surface area contributed by atoms with Gasteiger partial charge in [-0.15, -0.1) is 0 Å². The Bertz CT molecular complexity index is 444. The fourth-order valence-electron chi connectivity index (χ4n) is 1.55. The van der Waals surface area contributed by atoms with Crippen molar-refractivity contribution in [3.63, 3.8) is 0 Å². The van der Waals surface area contributed by atoms with Crippen LogP contribution in [0, 0.1) is 11.3 Å². The Kier molecular flexibility index (Phi) is 4.07. The van der Waals surface area contributed by atoms with E-state index in [1.807, 2.05) is 13.8 Å². The third-order valence-corrected chi connectivity index (χ3v) is 2.38. The standard InChI is InChI=1S/C13H15NO2/c1-4-10-6-11(9(3)15)7-13(16-5-2)12(10)8-14/h6-7H,4-5H2,1-3H3. The van der Waals surface area contributed by atoms with Gasteiger partial charge in [0.1, 0.15) is 11.8 Å². The molecule has 0 aliphatic heterocycles. The van der Waals surface area contributed by atoms with Crippen molar-refractivity contribution in [2.45, 2.75) is 27.2 Å². The Hall–Kier alpha value is -1.82. The highest BCUT2D eigenvalue weighted by atomic mass is 16.5. The van der Waals surface area contributed by atoms with Gasteiger partial charge >= 0.3 is 0 Å². The number of ketones is 1. The summed E-state index contributed by atoms with van der Waals surface area (Å²) < 4.78 is 5.39. The maximum Gasteiger partial charge on any atom is 0.159 e. The molecule has 0 radical (unpaired) electrons. The van der Waals surface area contributed by atoms with Crippen molar-refractivity contribution >= 4 is 5.78 Å². The predicted molar refractivity (Wildman–Crippen MR) is 61.7 cm³/mol. The van der Waals surface area contributed by atoms with Crippen LogP contribution < -0.4 is 4.74 Å². The number of nitrogens with zero attached hydrogens (tertiary/aromatic N) is 1. The molecule has 0 N–H and O–H groups in total. The number of aryl methyl sites for hydroxylation is 1. The first-order valence-electron chi connectivity index (χ1n) is 5.34. The number of hydrogen-bond acceptors (Lipinski definition) is 3. The monoisotopic (exact) mass is 217 g/mol. The maximum atomic E-state index is 11.3. The average molecular weight is 217 g/mol.